The molecule has 3 aromatic rings. The van der Waals surface area contributed by atoms with Gasteiger partial charge in [0.25, 0.3) is 5.91 Å². The van der Waals surface area contributed by atoms with Crippen molar-refractivity contribution in [3.05, 3.63) is 76.9 Å². The van der Waals surface area contributed by atoms with Gasteiger partial charge in [0.15, 0.2) is 5.69 Å². The van der Waals surface area contributed by atoms with Crippen LogP contribution < -0.4 is 4.90 Å². The molecule has 1 aliphatic heterocycles. The summed E-state index contributed by atoms with van der Waals surface area (Å²) < 4.78 is 15.2. The number of hydrogen-bond acceptors (Lipinski definition) is 2. The van der Waals surface area contributed by atoms with Crippen LogP contribution in [0.3, 0.4) is 0 Å². The van der Waals surface area contributed by atoms with Gasteiger partial charge in [0, 0.05) is 23.0 Å². The van der Waals surface area contributed by atoms with Gasteiger partial charge in [0.05, 0.1) is 5.69 Å². The van der Waals surface area contributed by atoms with Crippen LogP contribution in [0.25, 0.3) is 5.69 Å². The number of nitrogens with zero attached hydrogens (tertiary/aromatic N) is 3. The van der Waals surface area contributed by atoms with E-state index in [2.05, 4.69) is 13.0 Å². The fraction of sp³-hybridized carbons (Fsp3) is 0.304. The van der Waals surface area contributed by atoms with Gasteiger partial charge in [-0.15, -0.1) is 0 Å². The van der Waals surface area contributed by atoms with E-state index in [0.29, 0.717) is 5.69 Å². The molecule has 2 heterocycles. The number of halogens is 1. The van der Waals surface area contributed by atoms with Gasteiger partial charge in [0.1, 0.15) is 5.82 Å². The maximum atomic E-state index is 13.6. The van der Waals surface area contributed by atoms with Gasteiger partial charge in [-0.25, -0.2) is 9.07 Å². The van der Waals surface area contributed by atoms with Crippen molar-refractivity contribution >= 4 is 11.6 Å². The number of carbonyl (C=O) groups is 1. The van der Waals surface area contributed by atoms with Crippen molar-refractivity contribution < 1.29 is 9.18 Å². The van der Waals surface area contributed by atoms with Crippen LogP contribution in [0, 0.1) is 5.82 Å². The molecule has 0 fully saturated rings. The van der Waals surface area contributed by atoms with Crippen LogP contribution in [0.1, 0.15) is 47.1 Å². The average Bonchev–Trinajstić information content (AvgIpc) is 3.26. The molecule has 0 radical (unpaired) electrons. The maximum Gasteiger partial charge on any atom is 0.279 e. The number of anilines is 1. The Morgan fingerprint density at radius 2 is 1.82 bits per heavy atom. The van der Waals surface area contributed by atoms with Crippen LogP contribution in [-0.2, 0) is 19.3 Å². The normalized spacial score (nSPS) is 18.1. The van der Waals surface area contributed by atoms with Gasteiger partial charge >= 0.3 is 0 Å². The Labute approximate surface area is 163 Å². The van der Waals surface area contributed by atoms with Gasteiger partial charge in [0.2, 0.25) is 0 Å². The Morgan fingerprint density at radius 3 is 2.64 bits per heavy atom. The van der Waals surface area contributed by atoms with E-state index in [4.69, 9.17) is 5.10 Å². The highest BCUT2D eigenvalue weighted by Gasteiger charge is 2.35. The van der Waals surface area contributed by atoms with E-state index in [-0.39, 0.29) is 17.8 Å². The minimum absolute atomic E-state index is 0.0311. The lowest BCUT2D eigenvalue weighted by Crippen LogP contribution is -2.36. The SMILES string of the molecule is CC1Cc2ccccc2N1C(=O)c1nn(-c2ccc(F)cc2)c2c1CCCC2. The van der Waals surface area contributed by atoms with E-state index in [0.717, 1.165) is 54.7 Å². The van der Waals surface area contributed by atoms with Gasteiger partial charge in [-0.2, -0.15) is 5.10 Å². The van der Waals surface area contributed by atoms with E-state index in [9.17, 15) is 9.18 Å². The number of fused-ring (bicyclic) bond motifs is 2. The number of amides is 1. The Morgan fingerprint density at radius 1 is 1.07 bits per heavy atom. The minimum atomic E-state index is -0.274. The van der Waals surface area contributed by atoms with E-state index in [1.54, 1.807) is 12.1 Å². The van der Waals surface area contributed by atoms with Crippen molar-refractivity contribution in [3.63, 3.8) is 0 Å². The van der Waals surface area contributed by atoms with Crippen LogP contribution in [-0.4, -0.2) is 21.7 Å². The van der Waals surface area contributed by atoms with E-state index in [1.807, 2.05) is 27.8 Å². The summed E-state index contributed by atoms with van der Waals surface area (Å²) >= 11 is 0. The lowest BCUT2D eigenvalue weighted by molar-refractivity contribution is 0.0975. The van der Waals surface area contributed by atoms with Gasteiger partial charge in [-0.3, -0.25) is 4.79 Å². The molecule has 1 amide bonds. The lowest BCUT2D eigenvalue weighted by Gasteiger charge is -2.22. The quantitative estimate of drug-likeness (QED) is 0.662. The second-order valence-corrected chi connectivity index (χ2v) is 7.73. The summed E-state index contributed by atoms with van der Waals surface area (Å²) in [4.78, 5) is 15.5. The zero-order valence-corrected chi connectivity index (χ0v) is 15.9. The standard InChI is InChI=1S/C23H22FN3O/c1-15-14-16-6-2-4-8-20(16)26(15)23(28)22-19-7-3-5-9-21(19)27(25-22)18-12-10-17(24)11-13-18/h2,4,6,8,10-13,15H,3,5,7,9,14H2,1H3. The Kier molecular flexibility index (Phi) is 4.04. The predicted molar refractivity (Wildman–Crippen MR) is 107 cm³/mol. The van der Waals surface area contributed by atoms with E-state index in [1.165, 1.54) is 17.7 Å². The summed E-state index contributed by atoms with van der Waals surface area (Å²) in [6, 6.07) is 14.5. The molecule has 142 valence electrons. The highest BCUT2D eigenvalue weighted by Crippen LogP contribution is 2.35. The van der Waals surface area contributed by atoms with Crippen LogP contribution in [0.5, 0.6) is 0 Å². The van der Waals surface area contributed by atoms with Crippen LogP contribution in [0.15, 0.2) is 48.5 Å². The van der Waals surface area contributed by atoms with Crippen molar-refractivity contribution in [2.75, 3.05) is 4.90 Å². The fourth-order valence-electron chi connectivity index (χ4n) is 4.56. The van der Waals surface area contributed by atoms with Crippen molar-refractivity contribution in [1.29, 1.82) is 0 Å². The molecule has 1 aromatic heterocycles. The summed E-state index contributed by atoms with van der Waals surface area (Å²) in [6.07, 6.45) is 4.76. The zero-order valence-electron chi connectivity index (χ0n) is 15.9. The number of hydrogen-bond donors (Lipinski definition) is 0. The first-order valence-electron chi connectivity index (χ1n) is 9.91. The Hall–Kier alpha value is -2.95. The minimum Gasteiger partial charge on any atom is -0.304 e. The average molecular weight is 375 g/mol. The predicted octanol–water partition coefficient (Wildman–Crippen LogP) is 4.48. The molecule has 2 aliphatic rings. The number of carbonyl (C=O) groups excluding carboxylic acids is 1. The molecule has 2 aromatic carbocycles. The third-order valence-corrected chi connectivity index (χ3v) is 5.88. The number of benzene rings is 2. The Bertz CT molecular complexity index is 1050. The molecule has 1 unspecified atom stereocenters. The van der Waals surface area contributed by atoms with Crippen LogP contribution >= 0.6 is 0 Å². The summed E-state index contributed by atoms with van der Waals surface area (Å²) in [7, 11) is 0. The summed E-state index contributed by atoms with van der Waals surface area (Å²) in [6.45, 7) is 2.08. The number of para-hydroxylation sites is 1. The molecule has 4 nitrogen and oxygen atoms in total. The zero-order chi connectivity index (χ0) is 19.3. The first-order valence-corrected chi connectivity index (χ1v) is 9.91. The van der Waals surface area contributed by atoms with Crippen molar-refractivity contribution in [2.24, 2.45) is 0 Å². The van der Waals surface area contributed by atoms with Gasteiger partial charge in [-0.1, -0.05) is 18.2 Å². The molecular weight excluding hydrogens is 353 g/mol. The molecule has 28 heavy (non-hydrogen) atoms. The molecule has 5 rings (SSSR count). The van der Waals surface area contributed by atoms with Crippen molar-refractivity contribution in [3.8, 4) is 5.69 Å². The Balaban J connectivity index is 1.61. The molecule has 0 saturated carbocycles. The molecular formula is C23H22FN3O. The molecule has 1 atom stereocenters. The first-order chi connectivity index (χ1) is 13.6. The monoisotopic (exact) mass is 375 g/mol. The summed E-state index contributed by atoms with van der Waals surface area (Å²) in [5.41, 5.74) is 5.67. The third kappa shape index (κ3) is 2.65. The van der Waals surface area contributed by atoms with Crippen molar-refractivity contribution in [1.82, 2.24) is 9.78 Å². The number of aromatic nitrogens is 2. The second-order valence-electron chi connectivity index (χ2n) is 7.73. The fourth-order valence-corrected chi connectivity index (χ4v) is 4.56. The highest BCUT2D eigenvalue weighted by molar-refractivity contribution is 6.07. The number of rotatable bonds is 2. The van der Waals surface area contributed by atoms with Crippen LogP contribution in [0.4, 0.5) is 10.1 Å². The second kappa shape index (κ2) is 6.59. The largest absolute Gasteiger partial charge is 0.304 e. The topological polar surface area (TPSA) is 38.1 Å². The van der Waals surface area contributed by atoms with E-state index < -0.39 is 0 Å². The molecule has 0 bridgehead atoms. The molecule has 0 saturated heterocycles. The first kappa shape index (κ1) is 17.2. The van der Waals surface area contributed by atoms with Crippen molar-refractivity contribution in [2.45, 2.75) is 45.1 Å². The maximum absolute atomic E-state index is 13.6. The smallest absolute Gasteiger partial charge is 0.279 e. The summed E-state index contributed by atoms with van der Waals surface area (Å²) in [5.74, 6) is -0.306. The third-order valence-electron chi connectivity index (χ3n) is 5.88. The molecule has 5 heteroatoms. The van der Waals surface area contributed by atoms with Crippen LogP contribution in [0.2, 0.25) is 0 Å². The molecule has 0 N–H and O–H groups in total. The molecule has 1 aliphatic carbocycles. The highest BCUT2D eigenvalue weighted by atomic mass is 19.1. The van der Waals surface area contributed by atoms with Gasteiger partial charge in [-0.05, 0) is 74.9 Å². The lowest BCUT2D eigenvalue weighted by atomic mass is 9.95. The van der Waals surface area contributed by atoms with E-state index >= 15 is 0 Å². The summed E-state index contributed by atoms with van der Waals surface area (Å²) in [5, 5.41) is 4.75. The van der Waals surface area contributed by atoms with Gasteiger partial charge < -0.3 is 4.90 Å². The molecule has 0 spiro atoms.